The molecule has 2 fully saturated rings. The number of benzene rings is 2. The summed E-state index contributed by atoms with van der Waals surface area (Å²) < 4.78 is 10.8. The summed E-state index contributed by atoms with van der Waals surface area (Å²) in [6, 6.07) is 15.6. The van der Waals surface area contributed by atoms with Crippen molar-refractivity contribution >= 4 is 18.0 Å². The minimum absolute atomic E-state index is 0.0683. The molecular weight excluding hydrogens is 424 g/mol. The number of nitrogens with one attached hydrogen (secondary N) is 2. The Balaban J connectivity index is 1.23. The fourth-order valence-electron chi connectivity index (χ4n) is 5.06. The number of hydrogen-bond acceptors (Lipinski definition) is 5. The molecule has 0 spiro atoms. The number of fused-ring (bicyclic) bond motifs is 3. The summed E-state index contributed by atoms with van der Waals surface area (Å²) in [5.41, 5.74) is 3.44. The first-order chi connectivity index (χ1) is 16.0. The number of amides is 2. The molecule has 1 aliphatic heterocycles. The number of rotatable bonds is 6. The van der Waals surface area contributed by atoms with Gasteiger partial charge in [0.2, 0.25) is 5.91 Å². The first kappa shape index (κ1) is 21.5. The van der Waals surface area contributed by atoms with Crippen LogP contribution in [0.1, 0.15) is 42.7 Å². The maximum Gasteiger partial charge on any atom is 0.408 e. The molecule has 2 aromatic rings. The Labute approximate surface area is 191 Å². The van der Waals surface area contributed by atoms with Crippen molar-refractivity contribution in [1.29, 1.82) is 0 Å². The van der Waals surface area contributed by atoms with E-state index >= 15 is 0 Å². The molecular formula is C25H26N2O6. The Morgan fingerprint density at radius 3 is 2.24 bits per heavy atom. The van der Waals surface area contributed by atoms with Crippen molar-refractivity contribution in [1.82, 2.24) is 10.6 Å². The number of aliphatic carboxylic acids is 1. The van der Waals surface area contributed by atoms with Crippen molar-refractivity contribution in [3.63, 3.8) is 0 Å². The molecule has 2 aromatic carbocycles. The molecule has 1 saturated carbocycles. The molecule has 0 aromatic heterocycles. The van der Waals surface area contributed by atoms with Gasteiger partial charge in [-0.1, -0.05) is 48.5 Å². The second-order valence-electron chi connectivity index (χ2n) is 8.88. The van der Waals surface area contributed by atoms with E-state index in [4.69, 9.17) is 9.47 Å². The zero-order chi connectivity index (χ0) is 23.0. The molecule has 172 valence electrons. The molecule has 2 atom stereocenters. The van der Waals surface area contributed by atoms with Gasteiger partial charge >= 0.3 is 12.1 Å². The number of carbonyl (C=O) groups excluding carboxylic acids is 2. The van der Waals surface area contributed by atoms with E-state index in [2.05, 4.69) is 22.8 Å². The Bertz CT molecular complexity index is 1050. The van der Waals surface area contributed by atoms with Crippen molar-refractivity contribution in [2.45, 2.75) is 49.3 Å². The second kappa shape index (κ2) is 8.51. The van der Waals surface area contributed by atoms with Crippen LogP contribution in [0.5, 0.6) is 0 Å². The molecule has 3 N–H and O–H groups in total. The van der Waals surface area contributed by atoms with Crippen LogP contribution in [0.3, 0.4) is 0 Å². The summed E-state index contributed by atoms with van der Waals surface area (Å²) in [7, 11) is 0. The Morgan fingerprint density at radius 2 is 1.67 bits per heavy atom. The molecule has 8 heteroatoms. The smallest absolute Gasteiger partial charge is 0.408 e. The van der Waals surface area contributed by atoms with Gasteiger partial charge in [0.25, 0.3) is 0 Å². The third kappa shape index (κ3) is 3.84. The van der Waals surface area contributed by atoms with Crippen molar-refractivity contribution < 1.29 is 29.0 Å². The van der Waals surface area contributed by atoms with E-state index < -0.39 is 29.7 Å². The zero-order valence-electron chi connectivity index (χ0n) is 18.1. The number of carboxylic acids is 1. The fourth-order valence-corrected chi connectivity index (χ4v) is 5.06. The summed E-state index contributed by atoms with van der Waals surface area (Å²) in [6.07, 6.45) is 0.456. The van der Waals surface area contributed by atoms with Gasteiger partial charge in [-0.25, -0.2) is 9.59 Å². The SMILES string of the molecule is O=C(NC1(C(=O)N[C@@H]2CCO[C@@H]2C(=O)O)CCC1)OCC1c2ccccc2-c2ccccc21. The highest BCUT2D eigenvalue weighted by atomic mass is 16.5. The average Bonchev–Trinajstić information content (AvgIpc) is 3.37. The molecule has 0 unspecified atom stereocenters. The maximum absolute atomic E-state index is 13.0. The first-order valence-corrected chi connectivity index (χ1v) is 11.3. The van der Waals surface area contributed by atoms with Crippen LogP contribution in [0.4, 0.5) is 4.79 Å². The topological polar surface area (TPSA) is 114 Å². The van der Waals surface area contributed by atoms with Crippen LogP contribution in [0.2, 0.25) is 0 Å². The standard InChI is InChI=1S/C25H26N2O6/c28-22(29)21-20(10-13-32-21)26-23(30)25(11-5-12-25)27-24(31)33-14-19-17-8-3-1-6-15(17)16-7-2-4-9-18(16)19/h1-4,6-9,19-21H,5,10-14H2,(H,26,30)(H,27,31)(H,28,29)/t20-,21+/m1/s1. The Hall–Kier alpha value is -3.39. The summed E-state index contributed by atoms with van der Waals surface area (Å²) >= 11 is 0. The minimum atomic E-state index is -1.11. The zero-order valence-corrected chi connectivity index (χ0v) is 18.1. The Morgan fingerprint density at radius 1 is 1.03 bits per heavy atom. The number of hydrogen-bond donors (Lipinski definition) is 3. The molecule has 1 heterocycles. The van der Waals surface area contributed by atoms with Crippen LogP contribution in [-0.2, 0) is 19.1 Å². The highest BCUT2D eigenvalue weighted by Crippen LogP contribution is 2.44. The van der Waals surface area contributed by atoms with Gasteiger partial charge in [-0.3, -0.25) is 4.79 Å². The van der Waals surface area contributed by atoms with Gasteiger partial charge in [0.1, 0.15) is 12.1 Å². The normalized spacial score (nSPS) is 22.5. The van der Waals surface area contributed by atoms with Crippen LogP contribution >= 0.6 is 0 Å². The number of carbonyl (C=O) groups is 3. The lowest BCUT2D eigenvalue weighted by Gasteiger charge is -2.41. The van der Waals surface area contributed by atoms with E-state index in [-0.39, 0.29) is 25.0 Å². The van der Waals surface area contributed by atoms with Crippen LogP contribution in [0, 0.1) is 0 Å². The maximum atomic E-state index is 13.0. The monoisotopic (exact) mass is 450 g/mol. The summed E-state index contributed by atoms with van der Waals surface area (Å²) in [6.45, 7) is 0.434. The average molecular weight is 450 g/mol. The number of ether oxygens (including phenoxy) is 2. The summed E-state index contributed by atoms with van der Waals surface area (Å²) in [4.78, 5) is 37.0. The fraction of sp³-hybridized carbons (Fsp3) is 0.400. The lowest BCUT2D eigenvalue weighted by molar-refractivity contribution is -0.148. The molecule has 0 bridgehead atoms. The van der Waals surface area contributed by atoms with Crippen molar-refractivity contribution in [2.24, 2.45) is 0 Å². The predicted octanol–water partition coefficient (Wildman–Crippen LogP) is 2.81. The molecule has 2 aliphatic carbocycles. The number of carboxylic acid groups (broad SMARTS) is 1. The van der Waals surface area contributed by atoms with E-state index in [1.165, 1.54) is 0 Å². The lowest BCUT2D eigenvalue weighted by Crippen LogP contribution is -2.65. The van der Waals surface area contributed by atoms with Crippen molar-refractivity contribution in [3.8, 4) is 11.1 Å². The van der Waals surface area contributed by atoms with E-state index in [1.807, 2.05) is 36.4 Å². The van der Waals surface area contributed by atoms with Crippen molar-refractivity contribution in [3.05, 3.63) is 59.7 Å². The van der Waals surface area contributed by atoms with Gasteiger partial charge in [0.05, 0.1) is 6.04 Å². The molecule has 2 amide bonds. The van der Waals surface area contributed by atoms with Gasteiger partial charge in [0.15, 0.2) is 6.10 Å². The third-order valence-corrected chi connectivity index (χ3v) is 6.98. The van der Waals surface area contributed by atoms with Gasteiger partial charge in [0, 0.05) is 12.5 Å². The largest absolute Gasteiger partial charge is 0.479 e. The quantitative estimate of drug-likeness (QED) is 0.624. The lowest BCUT2D eigenvalue weighted by atomic mass is 9.76. The molecule has 8 nitrogen and oxygen atoms in total. The van der Waals surface area contributed by atoms with Gasteiger partial charge in [-0.05, 0) is 47.9 Å². The van der Waals surface area contributed by atoms with Crippen LogP contribution in [0.25, 0.3) is 11.1 Å². The molecule has 5 rings (SSSR count). The highest BCUT2D eigenvalue weighted by molar-refractivity contribution is 5.91. The van der Waals surface area contributed by atoms with E-state index in [0.717, 1.165) is 28.7 Å². The van der Waals surface area contributed by atoms with E-state index in [0.29, 0.717) is 19.3 Å². The van der Waals surface area contributed by atoms with Crippen LogP contribution in [-0.4, -0.2) is 54.0 Å². The van der Waals surface area contributed by atoms with Gasteiger partial charge in [-0.15, -0.1) is 0 Å². The van der Waals surface area contributed by atoms with Crippen molar-refractivity contribution in [2.75, 3.05) is 13.2 Å². The highest BCUT2D eigenvalue weighted by Gasteiger charge is 2.48. The van der Waals surface area contributed by atoms with Crippen LogP contribution in [0.15, 0.2) is 48.5 Å². The summed E-state index contributed by atoms with van der Waals surface area (Å²) in [5, 5.41) is 14.8. The van der Waals surface area contributed by atoms with E-state index in [9.17, 15) is 19.5 Å². The Kier molecular flexibility index (Phi) is 5.54. The molecule has 1 saturated heterocycles. The molecule has 33 heavy (non-hydrogen) atoms. The molecule has 3 aliphatic rings. The third-order valence-electron chi connectivity index (χ3n) is 6.98. The second-order valence-corrected chi connectivity index (χ2v) is 8.88. The van der Waals surface area contributed by atoms with Gasteiger partial charge in [-0.2, -0.15) is 0 Å². The molecule has 0 radical (unpaired) electrons. The predicted molar refractivity (Wildman–Crippen MR) is 119 cm³/mol. The summed E-state index contributed by atoms with van der Waals surface area (Å²) in [5.74, 6) is -1.56. The number of alkyl carbamates (subject to hydrolysis) is 1. The van der Waals surface area contributed by atoms with Crippen LogP contribution < -0.4 is 10.6 Å². The minimum Gasteiger partial charge on any atom is -0.479 e. The van der Waals surface area contributed by atoms with E-state index in [1.54, 1.807) is 0 Å². The first-order valence-electron chi connectivity index (χ1n) is 11.3. The van der Waals surface area contributed by atoms with Gasteiger partial charge < -0.3 is 25.2 Å².